The van der Waals surface area contributed by atoms with Crippen molar-refractivity contribution in [3.05, 3.63) is 71.8 Å². The van der Waals surface area contributed by atoms with Gasteiger partial charge >= 0.3 is 6.03 Å². The van der Waals surface area contributed by atoms with Crippen molar-refractivity contribution >= 4 is 34.0 Å². The number of hydrogen-bond acceptors (Lipinski definition) is 3. The van der Waals surface area contributed by atoms with E-state index in [1.54, 1.807) is 6.07 Å². The zero-order valence-electron chi connectivity index (χ0n) is 13.5. The van der Waals surface area contributed by atoms with E-state index in [-0.39, 0.29) is 11.9 Å². The predicted molar refractivity (Wildman–Crippen MR) is 102 cm³/mol. The molecule has 0 unspecified atom stereocenters. The Morgan fingerprint density at radius 1 is 0.880 bits per heavy atom. The standard InChI is InChI=1S/C19H19N5O/c20-11-12-1-6-16(7-2-12)23-19(25)24-17-8-5-13-9-15(18(21)22)4-3-14(13)10-17/h1-10H,11,20H2,(H3,21,22)(H2,23,24,25). The molecule has 0 aliphatic rings. The largest absolute Gasteiger partial charge is 0.384 e. The van der Waals surface area contributed by atoms with Gasteiger partial charge < -0.3 is 22.1 Å². The van der Waals surface area contributed by atoms with Gasteiger partial charge in [0.2, 0.25) is 0 Å². The highest BCUT2D eigenvalue weighted by Crippen LogP contribution is 2.21. The number of carbonyl (C=O) groups excluding carboxylic acids is 1. The maximum atomic E-state index is 12.1. The van der Waals surface area contributed by atoms with Gasteiger partial charge in [0, 0.05) is 23.5 Å². The molecule has 0 aromatic heterocycles. The van der Waals surface area contributed by atoms with E-state index in [0.29, 0.717) is 23.5 Å². The average Bonchev–Trinajstić information content (AvgIpc) is 2.61. The van der Waals surface area contributed by atoms with Crippen LogP contribution in [0, 0.1) is 5.41 Å². The summed E-state index contributed by atoms with van der Waals surface area (Å²) >= 11 is 0. The number of nitrogen functional groups attached to an aromatic ring is 1. The summed E-state index contributed by atoms with van der Waals surface area (Å²) in [6.45, 7) is 0.467. The number of urea groups is 1. The summed E-state index contributed by atoms with van der Waals surface area (Å²) in [6, 6.07) is 18.1. The number of fused-ring (bicyclic) bond motifs is 1. The zero-order valence-corrected chi connectivity index (χ0v) is 13.5. The molecule has 3 rings (SSSR count). The fraction of sp³-hybridized carbons (Fsp3) is 0.0526. The third-order valence-corrected chi connectivity index (χ3v) is 3.86. The highest BCUT2D eigenvalue weighted by molar-refractivity contribution is 6.02. The van der Waals surface area contributed by atoms with E-state index >= 15 is 0 Å². The number of amides is 2. The van der Waals surface area contributed by atoms with E-state index in [9.17, 15) is 4.79 Å². The first-order valence-corrected chi connectivity index (χ1v) is 7.80. The fourth-order valence-corrected chi connectivity index (χ4v) is 2.51. The van der Waals surface area contributed by atoms with E-state index < -0.39 is 0 Å². The highest BCUT2D eigenvalue weighted by atomic mass is 16.2. The first-order chi connectivity index (χ1) is 12.0. The second kappa shape index (κ2) is 7.02. The van der Waals surface area contributed by atoms with Crippen molar-refractivity contribution in [2.24, 2.45) is 11.5 Å². The van der Waals surface area contributed by atoms with E-state index in [4.69, 9.17) is 16.9 Å². The summed E-state index contributed by atoms with van der Waals surface area (Å²) in [6.07, 6.45) is 0. The summed E-state index contributed by atoms with van der Waals surface area (Å²) in [4.78, 5) is 12.1. The Bertz CT molecular complexity index is 934. The van der Waals surface area contributed by atoms with Gasteiger partial charge in [-0.15, -0.1) is 0 Å². The molecule has 0 radical (unpaired) electrons. The Balaban J connectivity index is 1.72. The zero-order chi connectivity index (χ0) is 17.8. The third kappa shape index (κ3) is 3.94. The Morgan fingerprint density at radius 3 is 2.16 bits per heavy atom. The molecule has 0 bridgehead atoms. The number of anilines is 2. The quantitative estimate of drug-likeness (QED) is 0.373. The molecule has 0 heterocycles. The number of carbonyl (C=O) groups is 1. The molecule has 0 atom stereocenters. The SMILES string of the molecule is N=C(N)c1ccc2cc(NC(=O)Nc3ccc(CN)cc3)ccc2c1. The lowest BCUT2D eigenvalue weighted by Crippen LogP contribution is -2.19. The van der Waals surface area contributed by atoms with E-state index in [0.717, 1.165) is 16.3 Å². The van der Waals surface area contributed by atoms with Crippen molar-refractivity contribution in [3.8, 4) is 0 Å². The van der Waals surface area contributed by atoms with Crippen LogP contribution < -0.4 is 22.1 Å². The van der Waals surface area contributed by atoms with Crippen LogP contribution in [0.2, 0.25) is 0 Å². The maximum absolute atomic E-state index is 12.1. The van der Waals surface area contributed by atoms with Crippen LogP contribution in [0.15, 0.2) is 60.7 Å². The van der Waals surface area contributed by atoms with Crippen LogP contribution in [0.3, 0.4) is 0 Å². The van der Waals surface area contributed by atoms with Crippen LogP contribution in [0.1, 0.15) is 11.1 Å². The minimum atomic E-state index is -0.319. The predicted octanol–water partition coefficient (Wildman–Crippen LogP) is 3.23. The first kappa shape index (κ1) is 16.5. The van der Waals surface area contributed by atoms with E-state index in [1.165, 1.54) is 0 Å². The van der Waals surface area contributed by atoms with Crippen LogP contribution in [-0.2, 0) is 6.54 Å². The normalized spacial score (nSPS) is 10.4. The summed E-state index contributed by atoms with van der Waals surface area (Å²) in [5.74, 6) is 0.0316. The third-order valence-electron chi connectivity index (χ3n) is 3.86. The molecule has 2 amide bonds. The van der Waals surface area contributed by atoms with Gasteiger partial charge in [-0.2, -0.15) is 0 Å². The Morgan fingerprint density at radius 2 is 1.48 bits per heavy atom. The lowest BCUT2D eigenvalue weighted by atomic mass is 10.1. The Hall–Kier alpha value is -3.38. The van der Waals surface area contributed by atoms with Crippen LogP contribution in [0.25, 0.3) is 10.8 Å². The fourth-order valence-electron chi connectivity index (χ4n) is 2.51. The van der Waals surface area contributed by atoms with Gasteiger partial charge in [0.1, 0.15) is 5.84 Å². The van der Waals surface area contributed by atoms with Gasteiger partial charge in [-0.25, -0.2) is 4.79 Å². The molecular weight excluding hydrogens is 314 g/mol. The first-order valence-electron chi connectivity index (χ1n) is 7.80. The molecule has 0 aliphatic carbocycles. The van der Waals surface area contributed by atoms with Gasteiger partial charge in [0.15, 0.2) is 0 Å². The second-order valence-corrected chi connectivity index (χ2v) is 5.67. The van der Waals surface area contributed by atoms with Gasteiger partial charge in [-0.05, 0) is 46.7 Å². The minimum Gasteiger partial charge on any atom is -0.384 e. The molecule has 6 heteroatoms. The Labute approximate surface area is 145 Å². The van der Waals surface area contributed by atoms with Crippen molar-refractivity contribution in [1.29, 1.82) is 5.41 Å². The number of nitrogens with two attached hydrogens (primary N) is 2. The molecule has 25 heavy (non-hydrogen) atoms. The molecule has 6 nitrogen and oxygen atoms in total. The van der Waals surface area contributed by atoms with Crippen molar-refractivity contribution in [3.63, 3.8) is 0 Å². The molecule has 0 saturated carbocycles. The van der Waals surface area contributed by atoms with Crippen molar-refractivity contribution in [1.82, 2.24) is 0 Å². The number of benzene rings is 3. The molecule has 3 aromatic carbocycles. The van der Waals surface area contributed by atoms with Crippen LogP contribution in [0.4, 0.5) is 16.2 Å². The molecular formula is C19H19N5O. The van der Waals surface area contributed by atoms with Crippen molar-refractivity contribution in [2.45, 2.75) is 6.54 Å². The molecule has 0 spiro atoms. The Kier molecular flexibility index (Phi) is 4.63. The van der Waals surface area contributed by atoms with E-state index in [2.05, 4.69) is 10.6 Å². The summed E-state index contributed by atoms with van der Waals surface area (Å²) in [5, 5.41) is 15.0. The molecule has 0 saturated heterocycles. The lowest BCUT2D eigenvalue weighted by Gasteiger charge is -2.09. The molecule has 7 N–H and O–H groups in total. The monoisotopic (exact) mass is 333 g/mol. The number of nitrogens with one attached hydrogen (secondary N) is 3. The van der Waals surface area contributed by atoms with Gasteiger partial charge in [-0.1, -0.05) is 30.3 Å². The summed E-state index contributed by atoms with van der Waals surface area (Å²) < 4.78 is 0. The number of rotatable bonds is 4. The van der Waals surface area contributed by atoms with Gasteiger partial charge in [0.25, 0.3) is 0 Å². The van der Waals surface area contributed by atoms with Crippen LogP contribution >= 0.6 is 0 Å². The number of hydrogen-bond donors (Lipinski definition) is 5. The summed E-state index contributed by atoms with van der Waals surface area (Å²) in [7, 11) is 0. The van der Waals surface area contributed by atoms with Gasteiger partial charge in [0.05, 0.1) is 0 Å². The number of amidine groups is 1. The lowest BCUT2D eigenvalue weighted by molar-refractivity contribution is 0.262. The van der Waals surface area contributed by atoms with Crippen molar-refractivity contribution < 1.29 is 4.79 Å². The van der Waals surface area contributed by atoms with Crippen LogP contribution in [0.5, 0.6) is 0 Å². The van der Waals surface area contributed by atoms with Gasteiger partial charge in [-0.3, -0.25) is 5.41 Å². The molecule has 126 valence electrons. The second-order valence-electron chi connectivity index (χ2n) is 5.67. The van der Waals surface area contributed by atoms with E-state index in [1.807, 2.05) is 54.6 Å². The minimum absolute atomic E-state index is 0.0316. The topological polar surface area (TPSA) is 117 Å². The van der Waals surface area contributed by atoms with Crippen LogP contribution in [-0.4, -0.2) is 11.9 Å². The average molecular weight is 333 g/mol. The maximum Gasteiger partial charge on any atom is 0.323 e. The van der Waals surface area contributed by atoms with Crippen molar-refractivity contribution in [2.75, 3.05) is 10.6 Å². The highest BCUT2D eigenvalue weighted by Gasteiger charge is 2.05. The molecule has 3 aromatic rings. The smallest absolute Gasteiger partial charge is 0.323 e. The summed E-state index contributed by atoms with van der Waals surface area (Å²) in [5.41, 5.74) is 14.1. The molecule has 0 fully saturated rings. The molecule has 0 aliphatic heterocycles.